The van der Waals surface area contributed by atoms with Gasteiger partial charge in [-0.3, -0.25) is 9.78 Å². The number of nitrogens with zero attached hydrogens (tertiary/aromatic N) is 1. The molecule has 1 aromatic heterocycles. The van der Waals surface area contributed by atoms with Crippen LogP contribution in [0.2, 0.25) is 0 Å². The molecule has 18 heavy (non-hydrogen) atoms. The molecule has 0 saturated carbocycles. The lowest BCUT2D eigenvalue weighted by Crippen LogP contribution is -2.29. The molecule has 0 aliphatic carbocycles. The third-order valence-corrected chi connectivity index (χ3v) is 3.25. The second-order valence-electron chi connectivity index (χ2n) is 4.94. The van der Waals surface area contributed by atoms with E-state index in [1.54, 1.807) is 12.4 Å². The summed E-state index contributed by atoms with van der Waals surface area (Å²) in [5.74, 6) is 0.373. The highest BCUT2D eigenvalue weighted by molar-refractivity contribution is 6.07. The lowest BCUT2D eigenvalue weighted by atomic mass is 9.95. The van der Waals surface area contributed by atoms with E-state index < -0.39 is 0 Å². The number of carbonyl (C=O) groups is 1. The standard InChI is InChI=1S/C15H18N2O/c1-10(2)14(16)7-15(18)13-9-17-8-11-5-3-4-6-12(11)13/h3-6,8-10,14H,7,16H2,1-2H3. The normalized spacial score (nSPS) is 12.9. The topological polar surface area (TPSA) is 56.0 Å². The van der Waals surface area contributed by atoms with Crippen LogP contribution >= 0.6 is 0 Å². The zero-order chi connectivity index (χ0) is 13.1. The molecule has 1 aromatic carbocycles. The number of hydrogen-bond donors (Lipinski definition) is 1. The van der Waals surface area contributed by atoms with Crippen molar-refractivity contribution in [3.8, 4) is 0 Å². The van der Waals surface area contributed by atoms with Gasteiger partial charge in [-0.15, -0.1) is 0 Å². The molecule has 0 radical (unpaired) electrons. The number of fused-ring (bicyclic) bond motifs is 1. The number of carbonyl (C=O) groups excluding carboxylic acids is 1. The molecule has 3 heteroatoms. The molecule has 94 valence electrons. The van der Waals surface area contributed by atoms with E-state index in [0.29, 0.717) is 17.9 Å². The Labute approximate surface area is 107 Å². The van der Waals surface area contributed by atoms with Crippen LogP contribution < -0.4 is 5.73 Å². The highest BCUT2D eigenvalue weighted by Crippen LogP contribution is 2.19. The van der Waals surface area contributed by atoms with E-state index in [2.05, 4.69) is 4.98 Å². The minimum Gasteiger partial charge on any atom is -0.327 e. The van der Waals surface area contributed by atoms with Gasteiger partial charge in [0.25, 0.3) is 0 Å². The molecule has 2 N–H and O–H groups in total. The molecule has 0 spiro atoms. The van der Waals surface area contributed by atoms with Crippen LogP contribution in [0.4, 0.5) is 0 Å². The minimum atomic E-state index is -0.100. The number of Topliss-reactive ketones (excluding diaryl/α,β-unsaturated/α-hetero) is 1. The first-order valence-corrected chi connectivity index (χ1v) is 6.21. The molecule has 0 aliphatic rings. The van der Waals surface area contributed by atoms with E-state index in [1.165, 1.54) is 0 Å². The fourth-order valence-electron chi connectivity index (χ4n) is 1.90. The lowest BCUT2D eigenvalue weighted by Gasteiger charge is -2.14. The zero-order valence-corrected chi connectivity index (χ0v) is 10.8. The summed E-state index contributed by atoms with van der Waals surface area (Å²) >= 11 is 0. The van der Waals surface area contributed by atoms with Crippen molar-refractivity contribution in [2.75, 3.05) is 0 Å². The van der Waals surface area contributed by atoms with Gasteiger partial charge in [0, 0.05) is 35.8 Å². The number of aromatic nitrogens is 1. The number of rotatable bonds is 4. The largest absolute Gasteiger partial charge is 0.327 e. The van der Waals surface area contributed by atoms with Crippen molar-refractivity contribution in [1.82, 2.24) is 4.98 Å². The number of pyridine rings is 1. The molecule has 0 amide bonds. The molecule has 1 unspecified atom stereocenters. The highest BCUT2D eigenvalue weighted by Gasteiger charge is 2.16. The number of nitrogens with two attached hydrogens (primary N) is 1. The molecule has 1 atom stereocenters. The van der Waals surface area contributed by atoms with Crippen LogP contribution in [-0.2, 0) is 0 Å². The van der Waals surface area contributed by atoms with Crippen LogP contribution in [0, 0.1) is 5.92 Å². The third-order valence-electron chi connectivity index (χ3n) is 3.25. The molecule has 0 bridgehead atoms. The van der Waals surface area contributed by atoms with Crippen LogP contribution in [0.1, 0.15) is 30.6 Å². The third kappa shape index (κ3) is 2.57. The minimum absolute atomic E-state index is 0.0699. The highest BCUT2D eigenvalue weighted by atomic mass is 16.1. The Kier molecular flexibility index (Phi) is 3.72. The zero-order valence-electron chi connectivity index (χ0n) is 10.8. The van der Waals surface area contributed by atoms with Crippen LogP contribution in [0.5, 0.6) is 0 Å². The van der Waals surface area contributed by atoms with E-state index in [0.717, 1.165) is 10.8 Å². The van der Waals surface area contributed by atoms with E-state index in [1.807, 2.05) is 38.1 Å². The number of benzene rings is 1. The first-order valence-electron chi connectivity index (χ1n) is 6.21. The van der Waals surface area contributed by atoms with Gasteiger partial charge in [-0.2, -0.15) is 0 Å². The van der Waals surface area contributed by atoms with Crippen LogP contribution in [0.15, 0.2) is 36.7 Å². The van der Waals surface area contributed by atoms with Crippen molar-refractivity contribution < 1.29 is 4.79 Å². The maximum atomic E-state index is 12.3. The van der Waals surface area contributed by atoms with Gasteiger partial charge in [-0.1, -0.05) is 38.1 Å². The predicted octanol–water partition coefficient (Wildman–Crippen LogP) is 2.79. The molecule has 0 saturated heterocycles. The van der Waals surface area contributed by atoms with Gasteiger partial charge in [0.05, 0.1) is 0 Å². The quantitative estimate of drug-likeness (QED) is 0.839. The average Bonchev–Trinajstić information content (AvgIpc) is 2.37. The fraction of sp³-hybridized carbons (Fsp3) is 0.333. The lowest BCUT2D eigenvalue weighted by molar-refractivity contribution is 0.0969. The molecular formula is C15H18N2O. The van der Waals surface area contributed by atoms with E-state index in [-0.39, 0.29) is 11.8 Å². The first kappa shape index (κ1) is 12.7. The molecule has 1 heterocycles. The Hall–Kier alpha value is -1.74. The molecule has 2 aromatic rings. The molecule has 3 nitrogen and oxygen atoms in total. The van der Waals surface area contributed by atoms with E-state index in [4.69, 9.17) is 5.73 Å². The number of ketones is 1. The number of hydrogen-bond acceptors (Lipinski definition) is 3. The monoisotopic (exact) mass is 242 g/mol. The molecule has 0 aliphatic heterocycles. The van der Waals surface area contributed by atoms with Crippen molar-refractivity contribution in [2.24, 2.45) is 11.7 Å². The van der Waals surface area contributed by atoms with Gasteiger partial charge in [0.1, 0.15) is 0 Å². The summed E-state index contributed by atoms with van der Waals surface area (Å²) in [7, 11) is 0. The van der Waals surface area contributed by atoms with Gasteiger partial charge in [-0.05, 0) is 11.3 Å². The van der Waals surface area contributed by atoms with Crippen LogP contribution in [0.25, 0.3) is 10.8 Å². The maximum absolute atomic E-state index is 12.3. The Morgan fingerprint density at radius 3 is 2.72 bits per heavy atom. The van der Waals surface area contributed by atoms with Crippen molar-refractivity contribution >= 4 is 16.6 Å². The Morgan fingerprint density at radius 2 is 2.00 bits per heavy atom. The van der Waals surface area contributed by atoms with Gasteiger partial charge in [-0.25, -0.2) is 0 Å². The van der Waals surface area contributed by atoms with Gasteiger partial charge in [0.2, 0.25) is 0 Å². The maximum Gasteiger partial charge on any atom is 0.166 e. The van der Waals surface area contributed by atoms with Crippen LogP contribution in [0.3, 0.4) is 0 Å². The Morgan fingerprint density at radius 1 is 1.28 bits per heavy atom. The van der Waals surface area contributed by atoms with Crippen molar-refractivity contribution in [2.45, 2.75) is 26.3 Å². The van der Waals surface area contributed by atoms with E-state index >= 15 is 0 Å². The smallest absolute Gasteiger partial charge is 0.166 e. The molecule has 0 fully saturated rings. The van der Waals surface area contributed by atoms with Crippen molar-refractivity contribution in [3.63, 3.8) is 0 Å². The fourth-order valence-corrected chi connectivity index (χ4v) is 1.90. The second-order valence-corrected chi connectivity index (χ2v) is 4.94. The SMILES string of the molecule is CC(C)C(N)CC(=O)c1cncc2ccccc12. The first-order chi connectivity index (χ1) is 8.59. The van der Waals surface area contributed by atoms with Crippen molar-refractivity contribution in [1.29, 1.82) is 0 Å². The van der Waals surface area contributed by atoms with Gasteiger partial charge < -0.3 is 5.73 Å². The Bertz CT molecular complexity index is 558. The summed E-state index contributed by atoms with van der Waals surface area (Å²) in [5.41, 5.74) is 6.63. The average molecular weight is 242 g/mol. The van der Waals surface area contributed by atoms with Gasteiger partial charge in [0.15, 0.2) is 5.78 Å². The Balaban J connectivity index is 2.33. The summed E-state index contributed by atoms with van der Waals surface area (Å²) in [4.78, 5) is 16.4. The summed E-state index contributed by atoms with van der Waals surface area (Å²) in [5, 5.41) is 1.94. The summed E-state index contributed by atoms with van der Waals surface area (Å²) in [6.07, 6.45) is 3.78. The van der Waals surface area contributed by atoms with E-state index in [9.17, 15) is 4.79 Å². The van der Waals surface area contributed by atoms with Gasteiger partial charge >= 0.3 is 0 Å². The predicted molar refractivity (Wildman–Crippen MR) is 73.5 cm³/mol. The second kappa shape index (κ2) is 5.27. The summed E-state index contributed by atoms with van der Waals surface area (Å²) in [6.45, 7) is 4.05. The van der Waals surface area contributed by atoms with Crippen LogP contribution in [-0.4, -0.2) is 16.8 Å². The molecular weight excluding hydrogens is 224 g/mol. The summed E-state index contributed by atoms with van der Waals surface area (Å²) in [6, 6.07) is 7.68. The molecule has 2 rings (SSSR count). The summed E-state index contributed by atoms with van der Waals surface area (Å²) < 4.78 is 0. The van der Waals surface area contributed by atoms with Crippen molar-refractivity contribution in [3.05, 3.63) is 42.2 Å².